The minimum absolute atomic E-state index is 0.425. The number of aromatic nitrogens is 3. The van der Waals surface area contributed by atoms with Crippen molar-refractivity contribution >= 4 is 10.9 Å². The van der Waals surface area contributed by atoms with Gasteiger partial charge in [0, 0.05) is 35.3 Å². The Balaban J connectivity index is 1.69. The molecule has 1 aliphatic rings. The highest BCUT2D eigenvalue weighted by molar-refractivity contribution is 5.96. The molecular formula is C22H23N3O3. The first-order valence-corrected chi connectivity index (χ1v) is 9.47. The Morgan fingerprint density at radius 3 is 2.93 bits per heavy atom. The molecule has 0 bridgehead atoms. The molecule has 2 heterocycles. The Morgan fingerprint density at radius 2 is 2.11 bits per heavy atom. The van der Waals surface area contributed by atoms with Gasteiger partial charge in [-0.3, -0.25) is 0 Å². The van der Waals surface area contributed by atoms with Gasteiger partial charge in [-0.05, 0) is 43.9 Å². The average molecular weight is 377 g/mol. The van der Waals surface area contributed by atoms with Crippen molar-refractivity contribution in [2.75, 3.05) is 20.3 Å². The summed E-state index contributed by atoms with van der Waals surface area (Å²) in [4.78, 5) is 11.8. The van der Waals surface area contributed by atoms with E-state index in [0.29, 0.717) is 19.0 Å². The van der Waals surface area contributed by atoms with Crippen molar-refractivity contribution in [2.24, 2.45) is 0 Å². The van der Waals surface area contributed by atoms with Crippen LogP contribution < -0.4 is 4.74 Å². The van der Waals surface area contributed by atoms with Crippen molar-refractivity contribution in [3.05, 3.63) is 42.5 Å². The van der Waals surface area contributed by atoms with Gasteiger partial charge in [0.1, 0.15) is 24.2 Å². The van der Waals surface area contributed by atoms with Gasteiger partial charge in [0.25, 0.3) is 0 Å². The average Bonchev–Trinajstić information content (AvgIpc) is 3.33. The summed E-state index contributed by atoms with van der Waals surface area (Å²) in [5.74, 6) is 6.83. The van der Waals surface area contributed by atoms with Gasteiger partial charge >= 0.3 is 0 Å². The zero-order valence-corrected chi connectivity index (χ0v) is 15.9. The summed E-state index contributed by atoms with van der Waals surface area (Å²) in [5, 5.41) is 11.5. The number of methoxy groups -OCH3 is 1. The monoisotopic (exact) mass is 377 g/mol. The number of rotatable bonds is 5. The fourth-order valence-corrected chi connectivity index (χ4v) is 3.53. The summed E-state index contributed by atoms with van der Waals surface area (Å²) in [7, 11) is 1.63. The molecule has 0 spiro atoms. The van der Waals surface area contributed by atoms with E-state index in [-0.39, 0.29) is 0 Å². The van der Waals surface area contributed by atoms with E-state index >= 15 is 0 Å². The van der Waals surface area contributed by atoms with Crippen LogP contribution in [-0.4, -0.2) is 46.0 Å². The summed E-state index contributed by atoms with van der Waals surface area (Å²) < 4.78 is 10.8. The first-order chi connectivity index (χ1) is 13.7. The zero-order chi connectivity index (χ0) is 19.4. The first-order valence-electron chi connectivity index (χ1n) is 9.47. The van der Waals surface area contributed by atoms with E-state index in [1.807, 2.05) is 24.4 Å². The number of aliphatic hydroxyl groups is 1. The van der Waals surface area contributed by atoms with Crippen LogP contribution in [-0.2, 0) is 4.74 Å². The number of fused-ring (bicyclic) bond motifs is 1. The lowest BCUT2D eigenvalue weighted by Crippen LogP contribution is -2.20. The summed E-state index contributed by atoms with van der Waals surface area (Å²) in [5.41, 5.74) is 2.65. The van der Waals surface area contributed by atoms with Gasteiger partial charge in [0.15, 0.2) is 5.75 Å². The molecule has 0 radical (unpaired) electrons. The predicted octanol–water partition coefficient (Wildman–Crippen LogP) is 3.31. The second-order valence-corrected chi connectivity index (χ2v) is 7.03. The van der Waals surface area contributed by atoms with Gasteiger partial charge < -0.3 is 19.6 Å². The Hall–Kier alpha value is -2.88. The lowest BCUT2D eigenvalue weighted by atomic mass is 10.0. The second kappa shape index (κ2) is 8.01. The lowest BCUT2D eigenvalue weighted by molar-refractivity contribution is 0.110. The van der Waals surface area contributed by atoms with Crippen molar-refractivity contribution in [1.82, 2.24) is 15.0 Å². The molecule has 1 saturated carbocycles. The normalized spacial score (nSPS) is 15.4. The van der Waals surface area contributed by atoms with Crippen LogP contribution in [0.2, 0.25) is 0 Å². The van der Waals surface area contributed by atoms with Crippen LogP contribution in [0.5, 0.6) is 5.75 Å². The highest BCUT2D eigenvalue weighted by atomic mass is 16.5. The third-order valence-electron chi connectivity index (χ3n) is 5.03. The molecule has 6 heteroatoms. The second-order valence-electron chi connectivity index (χ2n) is 7.03. The number of aromatic amines is 1. The third-order valence-corrected chi connectivity index (χ3v) is 5.03. The number of nitrogens with one attached hydrogen (secondary N) is 1. The quantitative estimate of drug-likeness (QED) is 0.527. The van der Waals surface area contributed by atoms with E-state index in [4.69, 9.17) is 9.47 Å². The molecule has 2 N–H and O–H groups in total. The molecule has 0 unspecified atom stereocenters. The molecular weight excluding hydrogens is 354 g/mol. The van der Waals surface area contributed by atoms with E-state index in [1.165, 1.54) is 6.33 Å². The van der Waals surface area contributed by atoms with E-state index in [2.05, 4.69) is 26.8 Å². The molecule has 0 atom stereocenters. The number of H-pyrrole nitrogens is 1. The van der Waals surface area contributed by atoms with Gasteiger partial charge in [-0.15, -0.1) is 0 Å². The van der Waals surface area contributed by atoms with Crippen molar-refractivity contribution in [3.63, 3.8) is 0 Å². The summed E-state index contributed by atoms with van der Waals surface area (Å²) >= 11 is 0. The van der Waals surface area contributed by atoms with Gasteiger partial charge in [-0.2, -0.15) is 0 Å². The Bertz CT molecular complexity index is 1030. The number of nitrogens with zero attached hydrogens (tertiary/aromatic N) is 2. The van der Waals surface area contributed by atoms with Crippen LogP contribution >= 0.6 is 0 Å². The largest absolute Gasteiger partial charge is 0.487 e. The van der Waals surface area contributed by atoms with Crippen LogP contribution in [0.25, 0.3) is 22.2 Å². The maximum Gasteiger partial charge on any atom is 0.164 e. The Labute approximate surface area is 163 Å². The third kappa shape index (κ3) is 3.86. The van der Waals surface area contributed by atoms with Crippen molar-refractivity contribution < 1.29 is 14.6 Å². The van der Waals surface area contributed by atoms with Crippen LogP contribution in [0, 0.1) is 11.8 Å². The molecule has 0 aliphatic heterocycles. The van der Waals surface area contributed by atoms with E-state index in [1.54, 1.807) is 13.3 Å². The molecule has 1 aromatic carbocycles. The van der Waals surface area contributed by atoms with Crippen LogP contribution in [0.15, 0.2) is 36.9 Å². The van der Waals surface area contributed by atoms with Crippen molar-refractivity contribution in [3.8, 4) is 28.8 Å². The molecule has 4 rings (SSSR count). The molecule has 0 saturated heterocycles. The minimum Gasteiger partial charge on any atom is -0.487 e. The highest BCUT2D eigenvalue weighted by Gasteiger charge is 2.28. The molecule has 0 amide bonds. The van der Waals surface area contributed by atoms with E-state index in [9.17, 15) is 5.11 Å². The fraction of sp³-hybridized carbons (Fsp3) is 0.364. The summed E-state index contributed by atoms with van der Waals surface area (Å²) in [6, 6.07) is 5.98. The van der Waals surface area contributed by atoms with Gasteiger partial charge in [0.2, 0.25) is 0 Å². The fourth-order valence-electron chi connectivity index (χ4n) is 3.53. The molecule has 1 aliphatic carbocycles. The summed E-state index contributed by atoms with van der Waals surface area (Å²) in [6.45, 7) is 0.916. The van der Waals surface area contributed by atoms with Crippen molar-refractivity contribution in [1.29, 1.82) is 0 Å². The number of hydrogen-bond donors (Lipinski definition) is 2. The maximum atomic E-state index is 10.5. The van der Waals surface area contributed by atoms with E-state index in [0.717, 1.165) is 53.4 Å². The maximum absolute atomic E-state index is 10.5. The minimum atomic E-state index is -0.842. The SMILES string of the molecule is COCCOc1cncnc1-c1c[nH]c2ccc(C#CC3(O)CCCC3)cc12. The van der Waals surface area contributed by atoms with Gasteiger partial charge in [0.05, 0.1) is 12.8 Å². The smallest absolute Gasteiger partial charge is 0.164 e. The van der Waals surface area contributed by atoms with Gasteiger partial charge in [-0.25, -0.2) is 9.97 Å². The number of hydrogen-bond acceptors (Lipinski definition) is 5. The van der Waals surface area contributed by atoms with Crippen molar-refractivity contribution in [2.45, 2.75) is 31.3 Å². The standard InChI is InChI=1S/C22H23N3O3/c1-27-10-11-28-20-14-23-15-25-21(20)18-13-24-19-5-4-16(12-17(18)19)6-9-22(26)7-2-3-8-22/h4-5,12-15,24,26H,2-3,7-8,10-11H2,1H3. The number of ether oxygens (including phenoxy) is 2. The highest BCUT2D eigenvalue weighted by Crippen LogP contribution is 2.33. The zero-order valence-electron chi connectivity index (χ0n) is 15.9. The van der Waals surface area contributed by atoms with Crippen LogP contribution in [0.4, 0.5) is 0 Å². The topological polar surface area (TPSA) is 80.3 Å². The van der Waals surface area contributed by atoms with Crippen LogP contribution in [0.1, 0.15) is 31.2 Å². The van der Waals surface area contributed by atoms with E-state index < -0.39 is 5.60 Å². The molecule has 144 valence electrons. The number of benzene rings is 1. The predicted molar refractivity (Wildman–Crippen MR) is 107 cm³/mol. The molecule has 6 nitrogen and oxygen atoms in total. The Kier molecular flexibility index (Phi) is 5.29. The molecule has 2 aromatic heterocycles. The van der Waals surface area contributed by atoms with Gasteiger partial charge in [-0.1, -0.05) is 11.8 Å². The molecule has 1 fully saturated rings. The Morgan fingerprint density at radius 1 is 1.25 bits per heavy atom. The van der Waals surface area contributed by atoms with Crippen LogP contribution in [0.3, 0.4) is 0 Å². The summed E-state index contributed by atoms with van der Waals surface area (Å²) in [6.07, 6.45) is 8.66. The molecule has 3 aromatic rings. The first kappa shape index (κ1) is 18.5. The lowest BCUT2D eigenvalue weighted by Gasteiger charge is -2.12. The molecule has 28 heavy (non-hydrogen) atoms.